The molecule has 1 aromatic rings. The van der Waals surface area contributed by atoms with Crippen LogP contribution in [-0.2, 0) is 0 Å². The fourth-order valence-electron chi connectivity index (χ4n) is 2.42. The van der Waals surface area contributed by atoms with Crippen molar-refractivity contribution in [2.45, 2.75) is 31.9 Å². The summed E-state index contributed by atoms with van der Waals surface area (Å²) >= 11 is 11.9. The number of halogens is 2. The number of benzene rings is 1. The van der Waals surface area contributed by atoms with Gasteiger partial charge in [0.2, 0.25) is 0 Å². The van der Waals surface area contributed by atoms with Crippen molar-refractivity contribution >= 4 is 29.0 Å². The lowest BCUT2D eigenvalue weighted by Crippen LogP contribution is -2.46. The third kappa shape index (κ3) is 3.48. The van der Waals surface area contributed by atoms with Crippen LogP contribution in [0.3, 0.4) is 0 Å². The number of likely N-dealkylation sites (tertiary alicyclic amines) is 1. The largest absolute Gasteiger partial charge is 0.392 e. The minimum absolute atomic E-state index is 0.0317. The summed E-state index contributed by atoms with van der Waals surface area (Å²) in [7, 11) is 0. The highest BCUT2D eigenvalue weighted by Crippen LogP contribution is 2.24. The van der Waals surface area contributed by atoms with Crippen LogP contribution in [0.4, 0.5) is 0 Å². The predicted octanol–water partition coefficient (Wildman–Crippen LogP) is 3.02. The number of ketones is 1. The van der Waals surface area contributed by atoms with Gasteiger partial charge in [0.05, 0.1) is 17.2 Å². The fourth-order valence-corrected chi connectivity index (χ4v) is 2.92. The van der Waals surface area contributed by atoms with Crippen molar-refractivity contribution in [1.29, 1.82) is 0 Å². The maximum absolute atomic E-state index is 12.4. The van der Waals surface area contributed by atoms with E-state index < -0.39 is 0 Å². The first-order valence-electron chi connectivity index (χ1n) is 6.40. The van der Waals surface area contributed by atoms with Crippen LogP contribution in [0.15, 0.2) is 18.2 Å². The standard InChI is InChI=1S/C14H17Cl2NO2/c1-9(17-6-2-3-11(18)8-17)14(19)12-5-4-10(15)7-13(12)16/h4-5,7,9,11,18H,2-3,6,8H2,1H3. The summed E-state index contributed by atoms with van der Waals surface area (Å²) in [5.41, 5.74) is 0.485. The summed E-state index contributed by atoms with van der Waals surface area (Å²) in [6.07, 6.45) is 1.37. The number of aliphatic hydroxyl groups excluding tert-OH is 1. The molecule has 0 aromatic heterocycles. The quantitative estimate of drug-likeness (QED) is 0.873. The number of β-amino-alcohol motifs (C(OH)–C–C–N with tert-alkyl or cyclic N) is 1. The fraction of sp³-hybridized carbons (Fsp3) is 0.500. The summed E-state index contributed by atoms with van der Waals surface area (Å²) in [4.78, 5) is 14.4. The number of aliphatic hydroxyl groups is 1. The van der Waals surface area contributed by atoms with Gasteiger partial charge in [-0.15, -0.1) is 0 Å². The Bertz CT molecular complexity index is 479. The Morgan fingerprint density at radius 1 is 1.47 bits per heavy atom. The second-order valence-electron chi connectivity index (χ2n) is 4.96. The molecule has 2 rings (SSSR count). The molecule has 1 N–H and O–H groups in total. The zero-order valence-corrected chi connectivity index (χ0v) is 12.3. The molecule has 104 valence electrons. The van der Waals surface area contributed by atoms with E-state index in [0.29, 0.717) is 22.2 Å². The Labute approximate surface area is 123 Å². The van der Waals surface area contributed by atoms with Crippen LogP contribution < -0.4 is 0 Å². The van der Waals surface area contributed by atoms with Gasteiger partial charge in [-0.3, -0.25) is 9.69 Å². The summed E-state index contributed by atoms with van der Waals surface area (Å²) in [5, 5.41) is 10.6. The van der Waals surface area contributed by atoms with Crippen molar-refractivity contribution in [3.63, 3.8) is 0 Å². The van der Waals surface area contributed by atoms with Gasteiger partial charge >= 0.3 is 0 Å². The molecule has 1 aliphatic heterocycles. The molecule has 2 atom stereocenters. The van der Waals surface area contributed by atoms with Crippen LogP contribution in [-0.4, -0.2) is 41.0 Å². The van der Waals surface area contributed by atoms with Gasteiger partial charge in [-0.25, -0.2) is 0 Å². The molecule has 2 unspecified atom stereocenters. The maximum Gasteiger partial charge on any atom is 0.181 e. The number of hydrogen-bond acceptors (Lipinski definition) is 3. The Kier molecular flexibility index (Phi) is 4.85. The minimum atomic E-state index is -0.343. The molecule has 5 heteroatoms. The second-order valence-corrected chi connectivity index (χ2v) is 5.80. The second kappa shape index (κ2) is 6.23. The molecule has 0 saturated carbocycles. The number of nitrogens with zero attached hydrogens (tertiary/aromatic N) is 1. The average molecular weight is 302 g/mol. The van der Waals surface area contributed by atoms with E-state index in [4.69, 9.17) is 23.2 Å². The van der Waals surface area contributed by atoms with E-state index in [1.54, 1.807) is 18.2 Å². The van der Waals surface area contributed by atoms with Crippen LogP contribution in [0.1, 0.15) is 30.1 Å². The van der Waals surface area contributed by atoms with Gasteiger partial charge in [0, 0.05) is 17.1 Å². The summed E-state index contributed by atoms with van der Waals surface area (Å²) < 4.78 is 0. The number of Topliss-reactive ketones (excluding diaryl/α,β-unsaturated/α-hetero) is 1. The molecule has 0 spiro atoms. The summed E-state index contributed by atoms with van der Waals surface area (Å²) in [5.74, 6) is -0.0317. The van der Waals surface area contributed by atoms with Crippen molar-refractivity contribution in [3.8, 4) is 0 Å². The normalized spacial score (nSPS) is 22.2. The van der Waals surface area contributed by atoms with E-state index >= 15 is 0 Å². The van der Waals surface area contributed by atoms with Gasteiger partial charge in [-0.05, 0) is 44.5 Å². The zero-order chi connectivity index (χ0) is 14.0. The molecule has 1 heterocycles. The molecular formula is C14H17Cl2NO2. The number of carbonyl (C=O) groups excluding carboxylic acids is 1. The number of rotatable bonds is 3. The van der Waals surface area contributed by atoms with Crippen LogP contribution in [0, 0.1) is 0 Å². The third-order valence-corrected chi connectivity index (χ3v) is 4.10. The van der Waals surface area contributed by atoms with E-state index in [1.165, 1.54) is 0 Å². The van der Waals surface area contributed by atoms with Gasteiger partial charge in [-0.1, -0.05) is 23.2 Å². The molecule has 1 aliphatic rings. The van der Waals surface area contributed by atoms with Crippen LogP contribution >= 0.6 is 23.2 Å². The molecule has 0 aliphatic carbocycles. The zero-order valence-electron chi connectivity index (χ0n) is 10.8. The van der Waals surface area contributed by atoms with Gasteiger partial charge in [0.15, 0.2) is 5.78 Å². The molecule has 3 nitrogen and oxygen atoms in total. The van der Waals surface area contributed by atoms with Gasteiger partial charge in [-0.2, -0.15) is 0 Å². The lowest BCUT2D eigenvalue weighted by Gasteiger charge is -2.34. The smallest absolute Gasteiger partial charge is 0.181 e. The molecular weight excluding hydrogens is 285 g/mol. The molecule has 1 saturated heterocycles. The Hall–Kier alpha value is -0.610. The topological polar surface area (TPSA) is 40.5 Å². The lowest BCUT2D eigenvalue weighted by atomic mass is 10.0. The number of carbonyl (C=O) groups is 1. The summed E-state index contributed by atoms with van der Waals surface area (Å²) in [6, 6.07) is 4.62. The van der Waals surface area contributed by atoms with E-state index in [2.05, 4.69) is 0 Å². The Morgan fingerprint density at radius 2 is 2.21 bits per heavy atom. The third-order valence-electron chi connectivity index (χ3n) is 3.55. The Balaban J connectivity index is 2.14. The first kappa shape index (κ1) is 14.8. The van der Waals surface area contributed by atoms with Crippen molar-refractivity contribution in [1.82, 2.24) is 4.90 Å². The first-order chi connectivity index (χ1) is 8.99. The van der Waals surface area contributed by atoms with Crippen molar-refractivity contribution in [2.75, 3.05) is 13.1 Å². The highest BCUT2D eigenvalue weighted by atomic mass is 35.5. The van der Waals surface area contributed by atoms with Crippen LogP contribution in [0.2, 0.25) is 10.0 Å². The van der Waals surface area contributed by atoms with Crippen molar-refractivity contribution < 1.29 is 9.90 Å². The van der Waals surface area contributed by atoms with Crippen molar-refractivity contribution in [2.24, 2.45) is 0 Å². The van der Waals surface area contributed by atoms with Crippen LogP contribution in [0.5, 0.6) is 0 Å². The van der Waals surface area contributed by atoms with Gasteiger partial charge in [0.1, 0.15) is 0 Å². The molecule has 0 radical (unpaired) electrons. The molecule has 1 fully saturated rings. The molecule has 19 heavy (non-hydrogen) atoms. The average Bonchev–Trinajstić information content (AvgIpc) is 2.37. The lowest BCUT2D eigenvalue weighted by molar-refractivity contribution is 0.0454. The molecule has 0 bridgehead atoms. The SMILES string of the molecule is CC(C(=O)c1ccc(Cl)cc1Cl)N1CCCC(O)C1. The molecule has 0 amide bonds. The first-order valence-corrected chi connectivity index (χ1v) is 7.16. The van der Waals surface area contributed by atoms with Crippen LogP contribution in [0.25, 0.3) is 0 Å². The summed E-state index contributed by atoms with van der Waals surface area (Å²) in [6.45, 7) is 3.22. The number of piperidine rings is 1. The van der Waals surface area contributed by atoms with E-state index in [1.807, 2.05) is 11.8 Å². The maximum atomic E-state index is 12.4. The molecule has 1 aromatic carbocycles. The highest BCUT2D eigenvalue weighted by Gasteiger charge is 2.27. The van der Waals surface area contributed by atoms with Gasteiger partial charge in [0.25, 0.3) is 0 Å². The van der Waals surface area contributed by atoms with Gasteiger partial charge < -0.3 is 5.11 Å². The number of hydrogen-bond donors (Lipinski definition) is 1. The van der Waals surface area contributed by atoms with E-state index in [9.17, 15) is 9.90 Å². The van der Waals surface area contributed by atoms with E-state index in [0.717, 1.165) is 19.4 Å². The van der Waals surface area contributed by atoms with E-state index in [-0.39, 0.29) is 17.9 Å². The monoisotopic (exact) mass is 301 g/mol. The Morgan fingerprint density at radius 3 is 2.84 bits per heavy atom. The van der Waals surface area contributed by atoms with Crippen molar-refractivity contribution in [3.05, 3.63) is 33.8 Å². The minimum Gasteiger partial charge on any atom is -0.392 e. The highest BCUT2D eigenvalue weighted by molar-refractivity contribution is 6.37. The predicted molar refractivity (Wildman–Crippen MR) is 77.1 cm³/mol.